The zero-order valence-corrected chi connectivity index (χ0v) is 13.4. The maximum Gasteiger partial charge on any atom is 0.224 e. The van der Waals surface area contributed by atoms with E-state index in [0.717, 1.165) is 25.8 Å². The van der Waals surface area contributed by atoms with Gasteiger partial charge in [0.1, 0.15) is 0 Å². The quantitative estimate of drug-likeness (QED) is 0.881. The van der Waals surface area contributed by atoms with Gasteiger partial charge in [-0.2, -0.15) is 0 Å². The fraction of sp³-hybridized carbons (Fsp3) is 0.632. The largest absolute Gasteiger partial charge is 0.352 e. The normalized spacial score (nSPS) is 36.7. The second kappa shape index (κ2) is 5.38. The van der Waals surface area contributed by atoms with Crippen LogP contribution in [0.15, 0.2) is 24.3 Å². The summed E-state index contributed by atoms with van der Waals surface area (Å²) in [6.45, 7) is 3.26. The highest BCUT2D eigenvalue weighted by atomic mass is 16.2. The molecule has 1 saturated heterocycles. The van der Waals surface area contributed by atoms with Crippen LogP contribution in [0.2, 0.25) is 0 Å². The number of rotatable bonds is 2. The van der Waals surface area contributed by atoms with Gasteiger partial charge < -0.3 is 10.6 Å². The molecule has 1 saturated carbocycles. The molecule has 2 fully saturated rings. The Morgan fingerprint density at radius 2 is 2.18 bits per heavy atom. The molecule has 3 nitrogen and oxygen atoms in total. The number of aryl methyl sites for hydroxylation is 1. The van der Waals surface area contributed by atoms with Crippen LogP contribution in [0.5, 0.6) is 0 Å². The van der Waals surface area contributed by atoms with Gasteiger partial charge in [-0.1, -0.05) is 24.3 Å². The van der Waals surface area contributed by atoms with Gasteiger partial charge >= 0.3 is 0 Å². The fourth-order valence-corrected chi connectivity index (χ4v) is 4.70. The number of carbonyl (C=O) groups excluding carboxylic acids is 1. The van der Waals surface area contributed by atoms with Gasteiger partial charge in [0.15, 0.2) is 0 Å². The Morgan fingerprint density at radius 1 is 1.32 bits per heavy atom. The molecule has 4 atom stereocenters. The third-order valence-electron chi connectivity index (χ3n) is 6.10. The predicted molar refractivity (Wildman–Crippen MR) is 87.8 cm³/mol. The Morgan fingerprint density at radius 3 is 3.05 bits per heavy atom. The highest BCUT2D eigenvalue weighted by Crippen LogP contribution is 2.60. The molecule has 4 unspecified atom stereocenters. The number of piperidine rings is 1. The SMILES string of the molecule is CC1NCCCC1NC(=O)C1CC12CCCc1ccccc12. The number of hydrogen-bond donors (Lipinski definition) is 2. The summed E-state index contributed by atoms with van der Waals surface area (Å²) in [7, 11) is 0. The van der Waals surface area contributed by atoms with Crippen molar-refractivity contribution in [3.8, 4) is 0 Å². The van der Waals surface area contributed by atoms with Gasteiger partial charge in [-0.05, 0) is 63.1 Å². The molecular weight excluding hydrogens is 272 g/mol. The fourth-order valence-electron chi connectivity index (χ4n) is 4.70. The maximum absolute atomic E-state index is 12.8. The van der Waals surface area contributed by atoms with Crippen LogP contribution in [-0.2, 0) is 16.6 Å². The lowest BCUT2D eigenvalue weighted by atomic mass is 9.78. The van der Waals surface area contributed by atoms with E-state index in [1.165, 1.54) is 30.4 Å². The smallest absolute Gasteiger partial charge is 0.224 e. The van der Waals surface area contributed by atoms with E-state index in [9.17, 15) is 4.79 Å². The summed E-state index contributed by atoms with van der Waals surface area (Å²) < 4.78 is 0. The highest BCUT2D eigenvalue weighted by Gasteiger charge is 2.60. The van der Waals surface area contributed by atoms with Crippen LogP contribution in [0.4, 0.5) is 0 Å². The average molecular weight is 298 g/mol. The molecule has 0 radical (unpaired) electrons. The molecule has 1 aromatic rings. The van der Waals surface area contributed by atoms with E-state index in [1.807, 2.05) is 0 Å². The second-order valence-electron chi connectivity index (χ2n) is 7.42. The van der Waals surface area contributed by atoms with Gasteiger partial charge in [0.2, 0.25) is 5.91 Å². The highest BCUT2D eigenvalue weighted by molar-refractivity contribution is 5.85. The molecule has 1 aromatic carbocycles. The van der Waals surface area contributed by atoms with Crippen molar-refractivity contribution in [1.82, 2.24) is 10.6 Å². The average Bonchev–Trinajstić information content (AvgIpc) is 3.25. The Bertz CT molecular complexity index is 585. The van der Waals surface area contributed by atoms with Crippen LogP contribution in [0, 0.1) is 5.92 Å². The summed E-state index contributed by atoms with van der Waals surface area (Å²) in [6, 6.07) is 9.46. The Kier molecular flexibility index (Phi) is 3.48. The van der Waals surface area contributed by atoms with Gasteiger partial charge in [-0.25, -0.2) is 0 Å². The Hall–Kier alpha value is -1.35. The molecule has 1 spiro atoms. The lowest BCUT2D eigenvalue weighted by Crippen LogP contribution is -2.52. The third kappa shape index (κ3) is 2.26. The van der Waals surface area contributed by atoms with Crippen LogP contribution in [0.1, 0.15) is 50.2 Å². The topological polar surface area (TPSA) is 41.1 Å². The first-order valence-corrected chi connectivity index (χ1v) is 8.83. The first kappa shape index (κ1) is 14.3. The van der Waals surface area contributed by atoms with Gasteiger partial charge in [-0.15, -0.1) is 0 Å². The van der Waals surface area contributed by atoms with E-state index < -0.39 is 0 Å². The van der Waals surface area contributed by atoms with Crippen molar-refractivity contribution in [2.75, 3.05) is 6.54 Å². The second-order valence-corrected chi connectivity index (χ2v) is 7.42. The van der Waals surface area contributed by atoms with Gasteiger partial charge in [-0.3, -0.25) is 4.79 Å². The van der Waals surface area contributed by atoms with Crippen LogP contribution >= 0.6 is 0 Å². The van der Waals surface area contributed by atoms with Crippen LogP contribution < -0.4 is 10.6 Å². The maximum atomic E-state index is 12.8. The van der Waals surface area contributed by atoms with Gasteiger partial charge in [0.05, 0.1) is 0 Å². The van der Waals surface area contributed by atoms with Crippen LogP contribution in [-0.4, -0.2) is 24.5 Å². The predicted octanol–water partition coefficient (Wildman–Crippen LogP) is 2.54. The Labute approximate surface area is 132 Å². The molecule has 0 bridgehead atoms. The minimum Gasteiger partial charge on any atom is -0.352 e. The molecule has 4 rings (SSSR count). The minimum absolute atomic E-state index is 0.157. The van der Waals surface area contributed by atoms with E-state index in [1.54, 1.807) is 0 Å². The molecule has 118 valence electrons. The molecule has 1 amide bonds. The minimum atomic E-state index is 0.157. The summed E-state index contributed by atoms with van der Waals surface area (Å²) in [5.74, 6) is 0.486. The first-order valence-electron chi connectivity index (χ1n) is 8.83. The van der Waals surface area contributed by atoms with Crippen molar-refractivity contribution in [3.63, 3.8) is 0 Å². The molecule has 2 aliphatic carbocycles. The summed E-state index contributed by atoms with van der Waals surface area (Å²) in [5.41, 5.74) is 3.08. The zero-order chi connectivity index (χ0) is 15.2. The van der Waals surface area contributed by atoms with Crippen LogP contribution in [0.25, 0.3) is 0 Å². The molecule has 1 heterocycles. The molecule has 3 heteroatoms. The standard InChI is InChI=1S/C19H26N2O/c1-13-17(9-5-11-20-13)21-18(22)16-12-19(16)10-4-7-14-6-2-3-8-15(14)19/h2-3,6,8,13,16-17,20H,4-5,7,9-12H2,1H3,(H,21,22). The molecule has 22 heavy (non-hydrogen) atoms. The number of amides is 1. The molecule has 0 aromatic heterocycles. The van der Waals surface area contributed by atoms with E-state index >= 15 is 0 Å². The molecule has 2 N–H and O–H groups in total. The van der Waals surface area contributed by atoms with E-state index in [-0.39, 0.29) is 17.2 Å². The number of benzene rings is 1. The van der Waals surface area contributed by atoms with E-state index in [0.29, 0.717) is 12.1 Å². The number of nitrogens with one attached hydrogen (secondary N) is 2. The van der Waals surface area contributed by atoms with Crippen molar-refractivity contribution in [2.24, 2.45) is 5.92 Å². The van der Waals surface area contributed by atoms with Crippen molar-refractivity contribution >= 4 is 5.91 Å². The van der Waals surface area contributed by atoms with Gasteiger partial charge in [0, 0.05) is 23.4 Å². The van der Waals surface area contributed by atoms with Crippen molar-refractivity contribution in [2.45, 2.75) is 62.9 Å². The first-order chi connectivity index (χ1) is 10.7. The van der Waals surface area contributed by atoms with Crippen molar-refractivity contribution < 1.29 is 4.79 Å². The summed E-state index contributed by atoms with van der Waals surface area (Å²) in [6.07, 6.45) is 6.90. The lowest BCUT2D eigenvalue weighted by molar-refractivity contribution is -0.123. The third-order valence-corrected chi connectivity index (χ3v) is 6.10. The molecule has 1 aliphatic heterocycles. The zero-order valence-electron chi connectivity index (χ0n) is 13.4. The number of hydrogen-bond acceptors (Lipinski definition) is 2. The summed E-state index contributed by atoms with van der Waals surface area (Å²) >= 11 is 0. The summed E-state index contributed by atoms with van der Waals surface area (Å²) in [5, 5.41) is 6.80. The lowest BCUT2D eigenvalue weighted by Gasteiger charge is -2.31. The molecular formula is C19H26N2O. The van der Waals surface area contributed by atoms with E-state index in [4.69, 9.17) is 0 Å². The van der Waals surface area contributed by atoms with Crippen LogP contribution in [0.3, 0.4) is 0 Å². The van der Waals surface area contributed by atoms with Crippen molar-refractivity contribution in [3.05, 3.63) is 35.4 Å². The van der Waals surface area contributed by atoms with Gasteiger partial charge in [0.25, 0.3) is 0 Å². The number of carbonyl (C=O) groups is 1. The summed E-state index contributed by atoms with van der Waals surface area (Å²) in [4.78, 5) is 12.8. The monoisotopic (exact) mass is 298 g/mol. The Balaban J connectivity index is 1.49. The van der Waals surface area contributed by atoms with E-state index in [2.05, 4.69) is 41.8 Å². The number of fused-ring (bicyclic) bond motifs is 2. The van der Waals surface area contributed by atoms with Crippen molar-refractivity contribution in [1.29, 1.82) is 0 Å². The molecule has 3 aliphatic rings.